The monoisotopic (exact) mass is 316 g/mol. The van der Waals surface area contributed by atoms with E-state index < -0.39 is 5.82 Å². The topological polar surface area (TPSA) is 63.8 Å². The van der Waals surface area contributed by atoms with Crippen molar-refractivity contribution in [2.24, 2.45) is 0 Å². The van der Waals surface area contributed by atoms with Crippen molar-refractivity contribution in [3.05, 3.63) is 39.7 Å². The van der Waals surface area contributed by atoms with Crippen LogP contribution in [0.15, 0.2) is 28.9 Å². The smallest absolute Gasteiger partial charge is 0.229 e. The van der Waals surface area contributed by atoms with Crippen LogP contribution in [-0.2, 0) is 0 Å². The summed E-state index contributed by atoms with van der Waals surface area (Å²) in [6.45, 7) is 0. The Balaban J connectivity index is 2.36. The number of nitrogens with two attached hydrogens (primary N) is 1. The molecule has 0 aliphatic rings. The number of benzene rings is 1. The maximum Gasteiger partial charge on any atom is 0.229 e. The lowest BCUT2D eigenvalue weighted by molar-refractivity contribution is 0.627. The summed E-state index contributed by atoms with van der Waals surface area (Å²) in [5.74, 6) is 0.192. The first-order chi connectivity index (χ1) is 8.06. The van der Waals surface area contributed by atoms with Gasteiger partial charge in [-0.15, -0.1) is 0 Å². The van der Waals surface area contributed by atoms with Gasteiger partial charge in [-0.25, -0.2) is 9.37 Å². The zero-order valence-electron chi connectivity index (χ0n) is 8.42. The number of halogens is 3. The van der Waals surface area contributed by atoms with E-state index in [0.717, 1.165) is 0 Å². The summed E-state index contributed by atoms with van der Waals surface area (Å²) in [5.41, 5.74) is 6.00. The molecule has 3 N–H and O–H groups in total. The van der Waals surface area contributed by atoms with Crippen LogP contribution in [-0.4, -0.2) is 9.97 Å². The van der Waals surface area contributed by atoms with Gasteiger partial charge in [0.15, 0.2) is 0 Å². The summed E-state index contributed by atoms with van der Waals surface area (Å²) in [6, 6.07) is 4.05. The van der Waals surface area contributed by atoms with E-state index in [1.54, 1.807) is 6.07 Å². The van der Waals surface area contributed by atoms with E-state index in [1.165, 1.54) is 18.3 Å². The molecule has 0 saturated carbocycles. The molecule has 17 heavy (non-hydrogen) atoms. The van der Waals surface area contributed by atoms with Gasteiger partial charge in [-0.2, -0.15) is 4.98 Å². The number of rotatable bonds is 2. The van der Waals surface area contributed by atoms with E-state index in [4.69, 9.17) is 17.3 Å². The van der Waals surface area contributed by atoms with Crippen LogP contribution in [0.1, 0.15) is 0 Å². The third-order valence-corrected chi connectivity index (χ3v) is 2.84. The Hall–Kier alpha value is -1.40. The minimum absolute atomic E-state index is 0.225. The van der Waals surface area contributed by atoms with Crippen LogP contribution in [0.4, 0.5) is 21.8 Å². The molecular weight excluding hydrogens is 310 g/mol. The number of aromatic nitrogens is 2. The zero-order valence-corrected chi connectivity index (χ0v) is 10.8. The summed E-state index contributed by atoms with van der Waals surface area (Å²) in [7, 11) is 0. The molecule has 7 heteroatoms. The second-order valence-corrected chi connectivity index (χ2v) is 4.44. The van der Waals surface area contributed by atoms with Crippen molar-refractivity contribution < 1.29 is 4.39 Å². The molecule has 0 radical (unpaired) electrons. The molecule has 0 bridgehead atoms. The van der Waals surface area contributed by atoms with Crippen LogP contribution in [0.5, 0.6) is 0 Å². The summed E-state index contributed by atoms with van der Waals surface area (Å²) >= 11 is 9.11. The third-order valence-electron chi connectivity index (χ3n) is 1.92. The highest BCUT2D eigenvalue weighted by atomic mass is 79.9. The van der Waals surface area contributed by atoms with Crippen molar-refractivity contribution in [1.29, 1.82) is 0 Å². The fourth-order valence-corrected chi connectivity index (χ4v) is 2.11. The number of hydrogen-bond acceptors (Lipinski definition) is 4. The van der Waals surface area contributed by atoms with Gasteiger partial charge in [0.05, 0.1) is 10.7 Å². The number of nitrogen functional groups attached to an aromatic ring is 1. The molecule has 2 rings (SSSR count). The molecule has 1 heterocycles. The van der Waals surface area contributed by atoms with E-state index in [-0.39, 0.29) is 5.02 Å². The molecule has 2 aromatic rings. The molecule has 0 aliphatic heterocycles. The van der Waals surface area contributed by atoms with Crippen LogP contribution in [0.25, 0.3) is 0 Å². The number of anilines is 3. The molecule has 0 aliphatic carbocycles. The molecule has 1 aromatic carbocycles. The maximum absolute atomic E-state index is 13.0. The van der Waals surface area contributed by atoms with E-state index in [1.807, 2.05) is 0 Å². The quantitative estimate of drug-likeness (QED) is 0.891. The molecule has 88 valence electrons. The summed E-state index contributed by atoms with van der Waals surface area (Å²) in [5, 5.41) is 3.09. The Labute approximate surface area is 110 Å². The van der Waals surface area contributed by atoms with E-state index in [9.17, 15) is 4.39 Å². The standard InChI is InChI=1S/C10H7BrClFN4/c11-6-3-5(13)4-7(12)9(6)17-10-15-2-1-8(14)16-10/h1-4H,(H3,14,15,16,17). The number of hydrogen-bond donors (Lipinski definition) is 2. The van der Waals surface area contributed by atoms with Crippen LogP contribution in [0, 0.1) is 5.82 Å². The van der Waals surface area contributed by atoms with Crippen molar-refractivity contribution in [3.63, 3.8) is 0 Å². The second-order valence-electron chi connectivity index (χ2n) is 3.17. The summed E-state index contributed by atoms with van der Waals surface area (Å²) < 4.78 is 13.5. The SMILES string of the molecule is Nc1ccnc(Nc2c(Cl)cc(F)cc2Br)n1. The van der Waals surface area contributed by atoms with Crippen molar-refractivity contribution in [2.45, 2.75) is 0 Å². The normalized spacial score (nSPS) is 10.3. The first kappa shape index (κ1) is 12.1. The van der Waals surface area contributed by atoms with Crippen LogP contribution in [0.2, 0.25) is 5.02 Å². The Morgan fingerprint density at radius 3 is 2.82 bits per heavy atom. The van der Waals surface area contributed by atoms with Crippen LogP contribution < -0.4 is 11.1 Å². The van der Waals surface area contributed by atoms with Crippen molar-refractivity contribution >= 4 is 45.0 Å². The molecule has 0 amide bonds. The highest BCUT2D eigenvalue weighted by Crippen LogP contribution is 2.33. The average molecular weight is 318 g/mol. The first-order valence-corrected chi connectivity index (χ1v) is 5.73. The largest absolute Gasteiger partial charge is 0.384 e. The van der Waals surface area contributed by atoms with Gasteiger partial charge in [-0.3, -0.25) is 0 Å². The predicted molar refractivity (Wildman–Crippen MR) is 68.8 cm³/mol. The fraction of sp³-hybridized carbons (Fsp3) is 0. The summed E-state index contributed by atoms with van der Waals surface area (Å²) in [4.78, 5) is 7.92. The molecule has 0 spiro atoms. The Morgan fingerprint density at radius 1 is 1.41 bits per heavy atom. The van der Waals surface area contributed by atoms with Gasteiger partial charge >= 0.3 is 0 Å². The molecule has 0 fully saturated rings. The number of nitrogens with one attached hydrogen (secondary N) is 1. The number of nitrogens with zero attached hydrogens (tertiary/aromatic N) is 2. The Kier molecular flexibility index (Phi) is 3.44. The highest BCUT2D eigenvalue weighted by Gasteiger charge is 2.09. The lowest BCUT2D eigenvalue weighted by Gasteiger charge is -2.09. The van der Waals surface area contributed by atoms with Gasteiger partial charge in [0.1, 0.15) is 11.6 Å². The molecule has 0 unspecified atom stereocenters. The van der Waals surface area contributed by atoms with Gasteiger partial charge in [0, 0.05) is 10.7 Å². The zero-order chi connectivity index (χ0) is 12.4. The second kappa shape index (κ2) is 4.85. The van der Waals surface area contributed by atoms with Gasteiger partial charge in [-0.05, 0) is 34.1 Å². The van der Waals surface area contributed by atoms with Crippen molar-refractivity contribution in [3.8, 4) is 0 Å². The molecule has 0 saturated heterocycles. The lowest BCUT2D eigenvalue weighted by Crippen LogP contribution is -2.00. The average Bonchev–Trinajstić information content (AvgIpc) is 2.23. The molecular formula is C10H7BrClFN4. The maximum atomic E-state index is 13.0. The highest BCUT2D eigenvalue weighted by molar-refractivity contribution is 9.10. The van der Waals surface area contributed by atoms with Crippen LogP contribution >= 0.6 is 27.5 Å². The molecule has 1 aromatic heterocycles. The predicted octanol–water partition coefficient (Wildman–Crippen LogP) is 3.36. The third kappa shape index (κ3) is 2.83. The van der Waals surface area contributed by atoms with E-state index >= 15 is 0 Å². The summed E-state index contributed by atoms with van der Waals surface area (Å²) in [6.07, 6.45) is 1.51. The molecule has 4 nitrogen and oxygen atoms in total. The molecule has 0 atom stereocenters. The van der Waals surface area contributed by atoms with E-state index in [2.05, 4.69) is 31.2 Å². The van der Waals surface area contributed by atoms with Gasteiger partial charge in [0.2, 0.25) is 5.95 Å². The van der Waals surface area contributed by atoms with Gasteiger partial charge < -0.3 is 11.1 Å². The van der Waals surface area contributed by atoms with Crippen LogP contribution in [0.3, 0.4) is 0 Å². The minimum atomic E-state index is -0.430. The van der Waals surface area contributed by atoms with E-state index in [0.29, 0.717) is 21.9 Å². The van der Waals surface area contributed by atoms with Crippen molar-refractivity contribution in [2.75, 3.05) is 11.1 Å². The first-order valence-electron chi connectivity index (χ1n) is 4.56. The van der Waals surface area contributed by atoms with Crippen molar-refractivity contribution in [1.82, 2.24) is 9.97 Å². The lowest BCUT2D eigenvalue weighted by atomic mass is 10.3. The van der Waals surface area contributed by atoms with Gasteiger partial charge in [0.25, 0.3) is 0 Å². The minimum Gasteiger partial charge on any atom is -0.384 e. The fourth-order valence-electron chi connectivity index (χ4n) is 1.21. The van der Waals surface area contributed by atoms with Gasteiger partial charge in [-0.1, -0.05) is 11.6 Å². The Morgan fingerprint density at radius 2 is 2.18 bits per heavy atom. The Bertz CT molecular complexity index is 541.